The van der Waals surface area contributed by atoms with Gasteiger partial charge in [0.05, 0.1) is 0 Å². The van der Waals surface area contributed by atoms with Crippen LogP contribution >= 0.6 is 0 Å². The van der Waals surface area contributed by atoms with Gasteiger partial charge in [0.25, 0.3) is 0 Å². The Bertz CT molecular complexity index is 93.1. The summed E-state index contributed by atoms with van der Waals surface area (Å²) in [5.74, 6) is -0.725. The highest BCUT2D eigenvalue weighted by atomic mass is 16.4. The van der Waals surface area contributed by atoms with Crippen molar-refractivity contribution in [3.8, 4) is 0 Å². The number of rotatable bonds is 4. The van der Waals surface area contributed by atoms with E-state index in [4.69, 9.17) is 5.11 Å². The predicted molar refractivity (Wildman–Crippen MR) is 35.4 cm³/mol. The van der Waals surface area contributed by atoms with Crippen LogP contribution in [0.25, 0.3) is 0 Å². The second kappa shape index (κ2) is 4.32. The van der Waals surface area contributed by atoms with Crippen LogP contribution in [0.5, 0.6) is 0 Å². The normalized spacial score (nSPS) is 13.1. The minimum atomic E-state index is -0.725. The van der Waals surface area contributed by atoms with Crippen molar-refractivity contribution < 1.29 is 9.90 Å². The molecular formula is C6H13NO2. The third-order valence-corrected chi connectivity index (χ3v) is 1.28. The van der Waals surface area contributed by atoms with Gasteiger partial charge in [-0.15, -0.1) is 0 Å². The number of nitrogens with one attached hydrogen (secondary N) is 1. The molecular weight excluding hydrogens is 118 g/mol. The second-order valence-electron chi connectivity index (χ2n) is 2.12. The van der Waals surface area contributed by atoms with Crippen LogP contribution in [-0.2, 0) is 4.79 Å². The number of aliphatic carboxylic acids is 1. The molecule has 0 saturated heterocycles. The summed E-state index contributed by atoms with van der Waals surface area (Å²) in [6.07, 6.45) is 0.952. The maximum absolute atomic E-state index is 9.99. The Morgan fingerprint density at radius 1 is 1.78 bits per heavy atom. The van der Waals surface area contributed by atoms with Gasteiger partial charge >= 0.3 is 5.97 Å². The van der Waals surface area contributed by atoms with Crippen molar-refractivity contribution in [1.82, 2.24) is 5.32 Å². The second-order valence-corrected chi connectivity index (χ2v) is 2.12. The average Bonchev–Trinajstić information content (AvgIpc) is 1.83. The molecule has 0 aliphatic heterocycles. The molecule has 0 aliphatic rings. The maximum atomic E-state index is 9.99. The lowest BCUT2D eigenvalue weighted by Crippen LogP contribution is -2.21. The highest BCUT2D eigenvalue weighted by Gasteiger charge is 2.00. The number of carboxylic acids is 1. The van der Waals surface area contributed by atoms with E-state index in [2.05, 4.69) is 5.32 Å². The molecule has 0 saturated carbocycles. The van der Waals surface area contributed by atoms with E-state index in [-0.39, 0.29) is 6.42 Å². The van der Waals surface area contributed by atoms with E-state index in [1.165, 1.54) is 0 Å². The number of hydrogen-bond acceptors (Lipinski definition) is 2. The fourth-order valence-corrected chi connectivity index (χ4v) is 0.484. The van der Waals surface area contributed by atoms with Crippen molar-refractivity contribution in [3.63, 3.8) is 0 Å². The van der Waals surface area contributed by atoms with Gasteiger partial charge in [-0.05, 0) is 20.4 Å². The van der Waals surface area contributed by atoms with Gasteiger partial charge in [-0.25, -0.2) is 0 Å². The summed E-state index contributed by atoms with van der Waals surface area (Å²) >= 11 is 0. The van der Waals surface area contributed by atoms with Gasteiger partial charge in [-0.3, -0.25) is 4.79 Å². The molecule has 9 heavy (non-hydrogen) atoms. The predicted octanol–water partition coefficient (Wildman–Crippen LogP) is 0.459. The average molecular weight is 131 g/mol. The molecule has 1 atom stereocenters. The third kappa shape index (κ3) is 5.30. The van der Waals surface area contributed by atoms with E-state index in [9.17, 15) is 4.79 Å². The summed E-state index contributed by atoms with van der Waals surface area (Å²) in [4.78, 5) is 9.99. The first kappa shape index (κ1) is 8.43. The Kier molecular flexibility index (Phi) is 4.05. The molecule has 54 valence electrons. The van der Waals surface area contributed by atoms with Gasteiger partial charge in [0.15, 0.2) is 0 Å². The van der Waals surface area contributed by atoms with Crippen LogP contribution in [0.1, 0.15) is 19.8 Å². The van der Waals surface area contributed by atoms with Crippen LogP contribution in [-0.4, -0.2) is 24.2 Å². The van der Waals surface area contributed by atoms with Gasteiger partial charge in [0.2, 0.25) is 0 Å². The van der Waals surface area contributed by atoms with Gasteiger partial charge in [0, 0.05) is 12.5 Å². The minimum Gasteiger partial charge on any atom is -0.481 e. The van der Waals surface area contributed by atoms with E-state index >= 15 is 0 Å². The maximum Gasteiger partial charge on any atom is 0.303 e. The summed E-state index contributed by atoms with van der Waals surface area (Å²) in [5, 5.41) is 11.2. The Morgan fingerprint density at radius 2 is 2.33 bits per heavy atom. The molecule has 0 spiro atoms. The molecule has 0 amide bonds. The molecule has 0 aromatic carbocycles. The lowest BCUT2D eigenvalue weighted by atomic mass is 10.2. The van der Waals surface area contributed by atoms with Crippen molar-refractivity contribution in [2.75, 3.05) is 7.05 Å². The highest BCUT2D eigenvalue weighted by Crippen LogP contribution is 1.93. The van der Waals surface area contributed by atoms with Crippen LogP contribution in [0, 0.1) is 0 Å². The summed E-state index contributed by atoms with van der Waals surface area (Å²) in [7, 11) is 1.83. The van der Waals surface area contributed by atoms with E-state index in [0.717, 1.165) is 0 Å². The van der Waals surface area contributed by atoms with Gasteiger partial charge in [0.1, 0.15) is 0 Å². The fourth-order valence-electron chi connectivity index (χ4n) is 0.484. The smallest absolute Gasteiger partial charge is 0.303 e. The van der Waals surface area contributed by atoms with Crippen LogP contribution in [0.4, 0.5) is 0 Å². The molecule has 0 unspecified atom stereocenters. The fraction of sp³-hybridized carbons (Fsp3) is 0.833. The lowest BCUT2D eigenvalue weighted by molar-refractivity contribution is -0.137. The standard InChI is InChI=1S/C6H13NO2/c1-5(7-2)3-4-6(8)9/h5,7H,3-4H2,1-2H3,(H,8,9)/t5-/m1/s1. The van der Waals surface area contributed by atoms with E-state index in [0.29, 0.717) is 12.5 Å². The first-order valence-electron chi connectivity index (χ1n) is 3.06. The first-order chi connectivity index (χ1) is 4.16. The Labute approximate surface area is 55.1 Å². The molecule has 0 rings (SSSR count). The summed E-state index contributed by atoms with van der Waals surface area (Å²) in [6, 6.07) is 0.307. The lowest BCUT2D eigenvalue weighted by Gasteiger charge is -2.05. The van der Waals surface area contributed by atoms with Crippen LogP contribution < -0.4 is 5.32 Å². The van der Waals surface area contributed by atoms with E-state index < -0.39 is 5.97 Å². The monoisotopic (exact) mass is 131 g/mol. The summed E-state index contributed by atoms with van der Waals surface area (Å²) < 4.78 is 0. The SMILES string of the molecule is CN[C@H](C)CCC(=O)O. The van der Waals surface area contributed by atoms with E-state index in [1.807, 2.05) is 14.0 Å². The van der Waals surface area contributed by atoms with Crippen molar-refractivity contribution in [3.05, 3.63) is 0 Å². The van der Waals surface area contributed by atoms with Crippen molar-refractivity contribution in [1.29, 1.82) is 0 Å². The Hall–Kier alpha value is -0.570. The molecule has 0 aromatic heterocycles. The molecule has 0 aromatic rings. The van der Waals surface area contributed by atoms with Gasteiger partial charge in [-0.2, -0.15) is 0 Å². The molecule has 2 N–H and O–H groups in total. The zero-order chi connectivity index (χ0) is 7.28. The Morgan fingerprint density at radius 3 is 2.67 bits per heavy atom. The molecule has 0 fully saturated rings. The Balaban J connectivity index is 3.16. The topological polar surface area (TPSA) is 49.3 Å². The molecule has 3 nitrogen and oxygen atoms in total. The van der Waals surface area contributed by atoms with Crippen LogP contribution in [0.2, 0.25) is 0 Å². The number of carbonyl (C=O) groups is 1. The first-order valence-corrected chi connectivity index (χ1v) is 3.06. The number of hydrogen-bond donors (Lipinski definition) is 2. The van der Waals surface area contributed by atoms with Gasteiger partial charge < -0.3 is 10.4 Å². The minimum absolute atomic E-state index is 0.252. The third-order valence-electron chi connectivity index (χ3n) is 1.28. The zero-order valence-corrected chi connectivity index (χ0v) is 5.85. The molecule has 0 bridgehead atoms. The van der Waals surface area contributed by atoms with Crippen molar-refractivity contribution in [2.24, 2.45) is 0 Å². The quantitative estimate of drug-likeness (QED) is 0.582. The van der Waals surface area contributed by atoms with Crippen molar-refractivity contribution in [2.45, 2.75) is 25.8 Å². The van der Waals surface area contributed by atoms with Crippen molar-refractivity contribution >= 4 is 5.97 Å². The van der Waals surface area contributed by atoms with Crippen LogP contribution in [0.3, 0.4) is 0 Å². The molecule has 0 heterocycles. The zero-order valence-electron chi connectivity index (χ0n) is 5.85. The summed E-state index contributed by atoms with van der Waals surface area (Å²) in [6.45, 7) is 1.96. The highest BCUT2D eigenvalue weighted by molar-refractivity contribution is 5.66. The van der Waals surface area contributed by atoms with E-state index in [1.54, 1.807) is 0 Å². The number of carboxylic acid groups (broad SMARTS) is 1. The summed E-state index contributed by atoms with van der Waals surface area (Å²) in [5.41, 5.74) is 0. The molecule has 0 aliphatic carbocycles. The van der Waals surface area contributed by atoms with Crippen LogP contribution in [0.15, 0.2) is 0 Å². The van der Waals surface area contributed by atoms with Gasteiger partial charge in [-0.1, -0.05) is 0 Å². The largest absolute Gasteiger partial charge is 0.481 e. The molecule has 3 heteroatoms. The molecule has 0 radical (unpaired) electrons.